The van der Waals surface area contributed by atoms with Crippen LogP contribution in [0.4, 0.5) is 4.79 Å². The Hall–Kier alpha value is -2.34. The SMILES string of the molecule is CCc1cc(Oc2ccnc(C)c2)ccc1CC1SC(=O)NC1=O. The molecule has 24 heavy (non-hydrogen) atoms. The quantitative estimate of drug-likeness (QED) is 0.898. The Bertz CT molecular complexity index is 792. The molecule has 1 aliphatic heterocycles. The maximum absolute atomic E-state index is 11.7. The molecule has 2 amide bonds. The molecule has 2 heterocycles. The molecule has 1 unspecified atom stereocenters. The number of rotatable bonds is 5. The molecule has 1 atom stereocenters. The van der Waals surface area contributed by atoms with Gasteiger partial charge < -0.3 is 4.74 Å². The van der Waals surface area contributed by atoms with Gasteiger partial charge in [0.15, 0.2) is 0 Å². The number of nitrogens with zero attached hydrogens (tertiary/aromatic N) is 1. The van der Waals surface area contributed by atoms with Crippen molar-refractivity contribution < 1.29 is 14.3 Å². The largest absolute Gasteiger partial charge is 0.457 e. The van der Waals surface area contributed by atoms with Crippen molar-refractivity contribution in [2.45, 2.75) is 31.9 Å². The van der Waals surface area contributed by atoms with Crippen molar-refractivity contribution in [1.29, 1.82) is 0 Å². The summed E-state index contributed by atoms with van der Waals surface area (Å²) in [6.45, 7) is 3.98. The van der Waals surface area contributed by atoms with Crippen LogP contribution in [0, 0.1) is 6.92 Å². The van der Waals surface area contributed by atoms with Crippen molar-refractivity contribution >= 4 is 22.9 Å². The molecule has 0 saturated carbocycles. The number of aryl methyl sites for hydroxylation is 2. The summed E-state index contributed by atoms with van der Waals surface area (Å²) in [5.74, 6) is 1.29. The molecular weight excluding hydrogens is 324 g/mol. The van der Waals surface area contributed by atoms with Crippen LogP contribution in [0.15, 0.2) is 36.5 Å². The lowest BCUT2D eigenvalue weighted by atomic mass is 10.00. The maximum Gasteiger partial charge on any atom is 0.286 e. The lowest BCUT2D eigenvalue weighted by molar-refractivity contribution is -0.118. The van der Waals surface area contributed by atoms with Crippen LogP contribution in [0.1, 0.15) is 23.7 Å². The fourth-order valence-electron chi connectivity index (χ4n) is 2.64. The minimum atomic E-state index is -0.350. The second-order valence-corrected chi connectivity index (χ2v) is 6.78. The van der Waals surface area contributed by atoms with Crippen LogP contribution in [-0.2, 0) is 17.6 Å². The van der Waals surface area contributed by atoms with Crippen LogP contribution in [-0.4, -0.2) is 21.4 Å². The fourth-order valence-corrected chi connectivity index (χ4v) is 3.49. The van der Waals surface area contributed by atoms with Crippen molar-refractivity contribution in [3.63, 3.8) is 0 Å². The first kappa shape index (κ1) is 16.5. The van der Waals surface area contributed by atoms with E-state index in [0.717, 1.165) is 46.5 Å². The van der Waals surface area contributed by atoms with Crippen molar-refractivity contribution in [3.05, 3.63) is 53.3 Å². The summed E-state index contributed by atoms with van der Waals surface area (Å²) in [5.41, 5.74) is 3.08. The normalized spacial score (nSPS) is 17.0. The number of aromatic nitrogens is 1. The molecule has 0 aliphatic carbocycles. The van der Waals surface area contributed by atoms with Gasteiger partial charge in [0.25, 0.3) is 5.24 Å². The van der Waals surface area contributed by atoms with Crippen molar-refractivity contribution in [1.82, 2.24) is 10.3 Å². The third kappa shape index (κ3) is 3.76. The highest BCUT2D eigenvalue weighted by Gasteiger charge is 2.31. The highest BCUT2D eigenvalue weighted by Crippen LogP contribution is 2.28. The molecule has 1 saturated heterocycles. The standard InChI is InChI=1S/C18H18N2O3S/c1-3-12-9-14(23-15-6-7-19-11(2)8-15)5-4-13(12)10-16-17(21)20-18(22)24-16/h4-9,16H,3,10H2,1-2H3,(H,20,21,22). The molecule has 1 N–H and O–H groups in total. The first-order valence-electron chi connectivity index (χ1n) is 7.79. The summed E-state index contributed by atoms with van der Waals surface area (Å²) in [5, 5.41) is 1.71. The Morgan fingerprint density at radius 3 is 2.62 bits per heavy atom. The number of thioether (sulfide) groups is 1. The van der Waals surface area contributed by atoms with E-state index < -0.39 is 0 Å². The average Bonchev–Trinajstić information content (AvgIpc) is 2.86. The molecule has 0 bridgehead atoms. The van der Waals surface area contributed by atoms with Gasteiger partial charge in [-0.25, -0.2) is 0 Å². The third-order valence-electron chi connectivity index (χ3n) is 3.83. The zero-order chi connectivity index (χ0) is 17.1. The molecule has 3 rings (SSSR count). The van der Waals surface area contributed by atoms with Crippen LogP contribution in [0.5, 0.6) is 11.5 Å². The Morgan fingerprint density at radius 1 is 1.17 bits per heavy atom. The van der Waals surface area contributed by atoms with Gasteiger partial charge >= 0.3 is 0 Å². The number of pyridine rings is 1. The number of benzene rings is 1. The van der Waals surface area contributed by atoms with Crippen LogP contribution >= 0.6 is 11.8 Å². The first-order chi connectivity index (χ1) is 11.5. The number of carbonyl (C=O) groups excluding carboxylic acids is 2. The minimum absolute atomic E-state index is 0.209. The summed E-state index contributed by atoms with van der Waals surface area (Å²) in [7, 11) is 0. The second-order valence-electron chi connectivity index (χ2n) is 5.61. The summed E-state index contributed by atoms with van der Waals surface area (Å²) in [6, 6.07) is 9.55. The monoisotopic (exact) mass is 342 g/mol. The number of hydrogen-bond acceptors (Lipinski definition) is 5. The molecule has 6 heteroatoms. The van der Waals surface area contributed by atoms with Gasteiger partial charge in [0.05, 0.1) is 5.25 Å². The summed E-state index contributed by atoms with van der Waals surface area (Å²) < 4.78 is 5.89. The number of ether oxygens (including phenoxy) is 1. The van der Waals surface area contributed by atoms with Gasteiger partial charge in [0.2, 0.25) is 5.91 Å². The highest BCUT2D eigenvalue weighted by molar-refractivity contribution is 8.15. The van der Waals surface area contributed by atoms with E-state index >= 15 is 0 Å². The van der Waals surface area contributed by atoms with E-state index in [4.69, 9.17) is 4.74 Å². The average molecular weight is 342 g/mol. The predicted octanol–water partition coefficient (Wildman–Crippen LogP) is 3.64. The van der Waals surface area contributed by atoms with Crippen molar-refractivity contribution in [3.8, 4) is 11.5 Å². The Morgan fingerprint density at radius 2 is 1.96 bits per heavy atom. The van der Waals surface area contributed by atoms with Gasteiger partial charge in [-0.15, -0.1) is 0 Å². The van der Waals surface area contributed by atoms with E-state index in [1.165, 1.54) is 0 Å². The molecule has 0 radical (unpaired) electrons. The number of hydrogen-bond donors (Lipinski definition) is 1. The molecule has 1 fully saturated rings. The van der Waals surface area contributed by atoms with Crippen LogP contribution in [0.3, 0.4) is 0 Å². The van der Waals surface area contributed by atoms with Gasteiger partial charge in [-0.3, -0.25) is 19.9 Å². The number of imide groups is 1. The number of nitrogens with one attached hydrogen (secondary N) is 1. The van der Waals surface area contributed by atoms with E-state index in [9.17, 15) is 9.59 Å². The van der Waals surface area contributed by atoms with E-state index in [1.807, 2.05) is 37.3 Å². The van der Waals surface area contributed by atoms with Crippen molar-refractivity contribution in [2.75, 3.05) is 0 Å². The Labute approximate surface area is 144 Å². The Kier molecular flexibility index (Phi) is 4.85. The van der Waals surface area contributed by atoms with Gasteiger partial charge in [-0.2, -0.15) is 0 Å². The van der Waals surface area contributed by atoms with Crippen LogP contribution in [0.2, 0.25) is 0 Å². The Balaban J connectivity index is 1.78. The van der Waals surface area contributed by atoms with E-state index in [-0.39, 0.29) is 16.4 Å². The lowest BCUT2D eigenvalue weighted by Crippen LogP contribution is -2.25. The smallest absolute Gasteiger partial charge is 0.286 e. The molecule has 1 aliphatic rings. The van der Waals surface area contributed by atoms with Crippen LogP contribution in [0.25, 0.3) is 0 Å². The van der Waals surface area contributed by atoms with Gasteiger partial charge in [-0.1, -0.05) is 24.8 Å². The zero-order valence-electron chi connectivity index (χ0n) is 13.5. The van der Waals surface area contributed by atoms with E-state index in [2.05, 4.69) is 17.2 Å². The highest BCUT2D eigenvalue weighted by atomic mass is 32.2. The van der Waals surface area contributed by atoms with Crippen LogP contribution < -0.4 is 10.1 Å². The second kappa shape index (κ2) is 7.05. The zero-order valence-corrected chi connectivity index (χ0v) is 14.4. The third-order valence-corrected chi connectivity index (χ3v) is 4.82. The number of amides is 2. The molecule has 1 aromatic carbocycles. The topological polar surface area (TPSA) is 68.3 Å². The molecular formula is C18H18N2O3S. The number of carbonyl (C=O) groups is 2. The molecule has 124 valence electrons. The molecule has 0 spiro atoms. The van der Waals surface area contributed by atoms with Crippen molar-refractivity contribution in [2.24, 2.45) is 0 Å². The predicted molar refractivity (Wildman–Crippen MR) is 93.5 cm³/mol. The fraction of sp³-hybridized carbons (Fsp3) is 0.278. The molecule has 1 aromatic heterocycles. The van der Waals surface area contributed by atoms with Gasteiger partial charge in [-0.05, 0) is 49.1 Å². The minimum Gasteiger partial charge on any atom is -0.457 e. The lowest BCUT2D eigenvalue weighted by Gasteiger charge is -2.13. The van der Waals surface area contributed by atoms with Gasteiger partial charge in [0, 0.05) is 18.0 Å². The first-order valence-corrected chi connectivity index (χ1v) is 8.67. The van der Waals surface area contributed by atoms with E-state index in [1.54, 1.807) is 6.20 Å². The maximum atomic E-state index is 11.7. The molecule has 5 nitrogen and oxygen atoms in total. The van der Waals surface area contributed by atoms with E-state index in [0.29, 0.717) is 6.42 Å². The summed E-state index contributed by atoms with van der Waals surface area (Å²) >= 11 is 1.06. The molecule has 2 aromatic rings. The summed E-state index contributed by atoms with van der Waals surface area (Å²) in [4.78, 5) is 27.2. The van der Waals surface area contributed by atoms with Gasteiger partial charge in [0.1, 0.15) is 11.5 Å². The summed E-state index contributed by atoms with van der Waals surface area (Å²) in [6.07, 6.45) is 3.08.